The molecule has 1 atom stereocenters. The van der Waals surface area contributed by atoms with Gasteiger partial charge in [-0.3, -0.25) is 0 Å². The fourth-order valence-corrected chi connectivity index (χ4v) is 5.65. The number of rotatable bonds is 4. The topological polar surface area (TPSA) is 45.1 Å². The van der Waals surface area contributed by atoms with Gasteiger partial charge in [-0.25, -0.2) is 4.39 Å². The molecule has 3 nitrogen and oxygen atoms in total. The molecule has 0 radical (unpaired) electrons. The van der Waals surface area contributed by atoms with Crippen molar-refractivity contribution < 1.29 is 14.3 Å². The van der Waals surface area contributed by atoms with Gasteiger partial charge in [0.1, 0.15) is 5.82 Å². The molecular weight excluding hydrogens is 441 g/mol. The first-order chi connectivity index (χ1) is 12.4. The van der Waals surface area contributed by atoms with E-state index in [1.54, 1.807) is 11.8 Å². The Morgan fingerprint density at radius 2 is 2.08 bits per heavy atom. The van der Waals surface area contributed by atoms with Gasteiger partial charge >= 0.3 is 0 Å². The van der Waals surface area contributed by atoms with Crippen molar-refractivity contribution in [1.29, 1.82) is 0 Å². The van der Waals surface area contributed by atoms with Crippen molar-refractivity contribution in [3.8, 4) is 0 Å². The number of halogens is 3. The van der Waals surface area contributed by atoms with E-state index < -0.39 is 5.97 Å². The highest BCUT2D eigenvalue weighted by Gasteiger charge is 2.31. The summed E-state index contributed by atoms with van der Waals surface area (Å²) in [4.78, 5) is 13.1. The van der Waals surface area contributed by atoms with Crippen LogP contribution < -0.4 is 5.11 Å². The van der Waals surface area contributed by atoms with Crippen molar-refractivity contribution in [2.75, 3.05) is 0 Å². The largest absolute Gasteiger partial charge is 0.550 e. The highest BCUT2D eigenvalue weighted by molar-refractivity contribution is 9.10. The molecule has 0 amide bonds. The highest BCUT2D eigenvalue weighted by atomic mass is 79.9. The smallest absolute Gasteiger partial charge is 0.126 e. The molecular formula is C19H13BrClFNO2S-. The van der Waals surface area contributed by atoms with Gasteiger partial charge in [0, 0.05) is 48.8 Å². The Hall–Kier alpha value is -1.50. The molecule has 0 saturated heterocycles. The third kappa shape index (κ3) is 3.15. The Bertz CT molecular complexity index is 1020. The molecule has 134 valence electrons. The summed E-state index contributed by atoms with van der Waals surface area (Å²) in [6, 6.07) is 10.4. The predicted molar refractivity (Wildman–Crippen MR) is 102 cm³/mol. The van der Waals surface area contributed by atoms with Crippen LogP contribution >= 0.6 is 39.3 Å². The molecule has 4 rings (SSSR count). The van der Waals surface area contributed by atoms with E-state index in [0.717, 1.165) is 26.4 Å². The van der Waals surface area contributed by atoms with Crippen LogP contribution in [0.5, 0.6) is 0 Å². The average molecular weight is 454 g/mol. The summed E-state index contributed by atoms with van der Waals surface area (Å²) in [7, 11) is 0. The standard InChI is InChI=1S/C19H14BrClFNO2S/c20-14-8-12(22)9-15-17(14)19(26-13-3-1-11(21)2-4-13)18-10(7-16(24)25)5-6-23(15)18/h1-4,8-10H,5-7H2,(H,24,25)/p-1. The van der Waals surface area contributed by atoms with Crippen LogP contribution in [-0.4, -0.2) is 10.5 Å². The molecule has 1 unspecified atom stereocenters. The Morgan fingerprint density at radius 3 is 2.77 bits per heavy atom. The second-order valence-corrected chi connectivity index (χ2v) is 8.64. The zero-order valence-electron chi connectivity index (χ0n) is 13.5. The number of aliphatic carboxylic acids is 1. The Morgan fingerprint density at radius 1 is 1.35 bits per heavy atom. The van der Waals surface area contributed by atoms with Crippen LogP contribution in [0.4, 0.5) is 4.39 Å². The number of nitrogens with zero attached hydrogens (tertiary/aromatic N) is 1. The van der Waals surface area contributed by atoms with Crippen molar-refractivity contribution in [3.05, 3.63) is 57.4 Å². The van der Waals surface area contributed by atoms with Crippen LogP contribution in [0.15, 0.2) is 50.7 Å². The molecule has 0 bridgehead atoms. The molecule has 26 heavy (non-hydrogen) atoms. The van der Waals surface area contributed by atoms with Gasteiger partial charge in [-0.15, -0.1) is 0 Å². The summed E-state index contributed by atoms with van der Waals surface area (Å²) in [6.45, 7) is 0.668. The van der Waals surface area contributed by atoms with Crippen LogP contribution in [0, 0.1) is 5.82 Å². The number of fused-ring (bicyclic) bond motifs is 3. The number of carboxylic acid groups (broad SMARTS) is 1. The lowest BCUT2D eigenvalue weighted by atomic mass is 10.0. The molecule has 0 fully saturated rings. The van der Waals surface area contributed by atoms with Crippen molar-refractivity contribution >= 4 is 56.2 Å². The number of carbonyl (C=O) groups excluding carboxylic acids is 1. The van der Waals surface area contributed by atoms with Gasteiger partial charge < -0.3 is 14.5 Å². The number of carboxylic acids is 1. The molecule has 1 aromatic heterocycles. The first-order valence-corrected chi connectivity index (χ1v) is 10.1. The highest BCUT2D eigenvalue weighted by Crippen LogP contribution is 2.48. The normalized spacial score (nSPS) is 16.2. The molecule has 1 aliphatic rings. The molecule has 2 heterocycles. The maximum Gasteiger partial charge on any atom is 0.126 e. The maximum atomic E-state index is 14.0. The monoisotopic (exact) mass is 452 g/mol. The van der Waals surface area contributed by atoms with Crippen molar-refractivity contribution in [2.45, 2.75) is 35.1 Å². The second-order valence-electron chi connectivity index (χ2n) is 6.27. The Balaban J connectivity index is 1.91. The molecule has 1 aliphatic heterocycles. The first-order valence-electron chi connectivity index (χ1n) is 8.08. The summed E-state index contributed by atoms with van der Waals surface area (Å²) < 4.78 is 16.7. The number of hydrogen-bond donors (Lipinski definition) is 0. The van der Waals surface area contributed by atoms with Gasteiger partial charge in [0.15, 0.2) is 0 Å². The molecule has 0 spiro atoms. The van der Waals surface area contributed by atoms with Gasteiger partial charge in [0.2, 0.25) is 0 Å². The fraction of sp³-hybridized carbons (Fsp3) is 0.211. The first kappa shape index (κ1) is 17.9. The summed E-state index contributed by atoms with van der Waals surface area (Å²) in [5, 5.41) is 12.8. The number of hydrogen-bond acceptors (Lipinski definition) is 3. The Kier molecular flexibility index (Phi) is 4.75. The summed E-state index contributed by atoms with van der Waals surface area (Å²) in [6.07, 6.45) is 0.673. The lowest BCUT2D eigenvalue weighted by Gasteiger charge is -2.13. The molecule has 2 aromatic carbocycles. The van der Waals surface area contributed by atoms with Crippen LogP contribution in [0.25, 0.3) is 10.9 Å². The minimum Gasteiger partial charge on any atom is -0.550 e. The number of aromatic nitrogens is 1. The third-order valence-electron chi connectivity index (χ3n) is 4.61. The van der Waals surface area contributed by atoms with Gasteiger partial charge in [-0.05, 0) is 65.2 Å². The summed E-state index contributed by atoms with van der Waals surface area (Å²) in [5.41, 5.74) is 1.72. The molecule has 7 heteroatoms. The van der Waals surface area contributed by atoms with Crippen LogP contribution in [0.1, 0.15) is 24.5 Å². The van der Waals surface area contributed by atoms with Crippen LogP contribution in [0.3, 0.4) is 0 Å². The van der Waals surface area contributed by atoms with Crippen molar-refractivity contribution in [1.82, 2.24) is 4.57 Å². The average Bonchev–Trinajstić information content (AvgIpc) is 3.09. The second kappa shape index (κ2) is 6.91. The van der Waals surface area contributed by atoms with Gasteiger partial charge in [0.05, 0.1) is 5.52 Å². The third-order valence-corrected chi connectivity index (χ3v) is 6.61. The minimum absolute atomic E-state index is 0.0371. The summed E-state index contributed by atoms with van der Waals surface area (Å²) in [5.74, 6) is -1.53. The zero-order valence-corrected chi connectivity index (χ0v) is 16.6. The van der Waals surface area contributed by atoms with E-state index in [9.17, 15) is 14.3 Å². The SMILES string of the molecule is O=C([O-])CC1CCn2c1c(Sc1ccc(Cl)cc1)c1c(Br)cc(F)cc12. The molecule has 0 saturated carbocycles. The van der Waals surface area contributed by atoms with E-state index in [-0.39, 0.29) is 18.2 Å². The molecule has 3 aromatic rings. The lowest BCUT2D eigenvalue weighted by Crippen LogP contribution is -2.24. The summed E-state index contributed by atoms with van der Waals surface area (Å²) >= 11 is 11.0. The van der Waals surface area contributed by atoms with Gasteiger partial charge in [0.25, 0.3) is 0 Å². The Labute approximate surface area is 167 Å². The van der Waals surface area contributed by atoms with Crippen molar-refractivity contribution in [3.63, 3.8) is 0 Å². The molecule has 0 N–H and O–H groups in total. The van der Waals surface area contributed by atoms with Crippen LogP contribution in [0.2, 0.25) is 5.02 Å². The van der Waals surface area contributed by atoms with E-state index in [0.29, 0.717) is 22.5 Å². The quantitative estimate of drug-likeness (QED) is 0.560. The lowest BCUT2D eigenvalue weighted by molar-refractivity contribution is -0.306. The number of aryl methyl sites for hydroxylation is 1. The van der Waals surface area contributed by atoms with E-state index in [1.165, 1.54) is 12.1 Å². The van der Waals surface area contributed by atoms with Crippen LogP contribution in [-0.2, 0) is 11.3 Å². The van der Waals surface area contributed by atoms with E-state index in [1.807, 2.05) is 28.8 Å². The van der Waals surface area contributed by atoms with E-state index in [4.69, 9.17) is 11.6 Å². The number of benzene rings is 2. The van der Waals surface area contributed by atoms with E-state index in [2.05, 4.69) is 15.9 Å². The fourth-order valence-electron chi connectivity index (χ4n) is 3.57. The zero-order chi connectivity index (χ0) is 18.4. The maximum absolute atomic E-state index is 14.0. The van der Waals surface area contributed by atoms with E-state index >= 15 is 0 Å². The van der Waals surface area contributed by atoms with Gasteiger partial charge in [-0.1, -0.05) is 23.4 Å². The van der Waals surface area contributed by atoms with Crippen molar-refractivity contribution in [2.24, 2.45) is 0 Å². The number of carbonyl (C=O) groups is 1. The minimum atomic E-state index is -1.07. The predicted octanol–water partition coefficient (Wildman–Crippen LogP) is 4.97. The molecule has 0 aliphatic carbocycles. The van der Waals surface area contributed by atoms with Gasteiger partial charge in [-0.2, -0.15) is 0 Å².